The Morgan fingerprint density at radius 2 is 1.67 bits per heavy atom. The molecule has 1 heteroatoms. The van der Waals surface area contributed by atoms with Gasteiger partial charge in [0.15, 0.2) is 0 Å². The first kappa shape index (κ1) is 13.3. The van der Waals surface area contributed by atoms with Crippen molar-refractivity contribution in [2.45, 2.75) is 51.4 Å². The van der Waals surface area contributed by atoms with Crippen molar-refractivity contribution < 1.29 is 4.39 Å². The summed E-state index contributed by atoms with van der Waals surface area (Å²) in [5.41, 5.74) is 1.43. The molecular weight excluding hydrogens is 223 g/mol. The molecule has 1 fully saturated rings. The van der Waals surface area contributed by atoms with E-state index in [1.165, 1.54) is 37.7 Å². The molecule has 0 aromatic heterocycles. The summed E-state index contributed by atoms with van der Waals surface area (Å²) in [5.74, 6) is 0.432. The number of allylic oxidation sites excluding steroid dienone is 2. The van der Waals surface area contributed by atoms with Gasteiger partial charge in [-0.1, -0.05) is 57.4 Å². The molecule has 0 N–H and O–H groups in total. The normalized spacial score (nSPS) is 19.6. The first-order valence-corrected chi connectivity index (χ1v) is 7.08. The summed E-state index contributed by atoms with van der Waals surface area (Å²) in [6, 6.07) is 7.11. The fraction of sp³-hybridized carbons (Fsp3) is 0.529. The van der Waals surface area contributed by atoms with Gasteiger partial charge in [-0.2, -0.15) is 0 Å². The minimum Gasteiger partial charge on any atom is -0.207 e. The first-order chi connectivity index (χ1) is 8.62. The van der Waals surface area contributed by atoms with E-state index in [-0.39, 0.29) is 11.2 Å². The van der Waals surface area contributed by atoms with E-state index in [9.17, 15) is 4.39 Å². The summed E-state index contributed by atoms with van der Waals surface area (Å²) < 4.78 is 13.1. The quantitative estimate of drug-likeness (QED) is 0.640. The Morgan fingerprint density at radius 3 is 2.22 bits per heavy atom. The summed E-state index contributed by atoms with van der Waals surface area (Å²) in [4.78, 5) is 0. The van der Waals surface area contributed by atoms with Gasteiger partial charge < -0.3 is 0 Å². The summed E-state index contributed by atoms with van der Waals surface area (Å²) in [7, 11) is 0. The number of hydrogen-bond donors (Lipinski definition) is 0. The van der Waals surface area contributed by atoms with E-state index in [2.05, 4.69) is 26.0 Å². The van der Waals surface area contributed by atoms with Crippen LogP contribution in [0.15, 0.2) is 36.4 Å². The van der Waals surface area contributed by atoms with Crippen molar-refractivity contribution in [3.63, 3.8) is 0 Å². The molecule has 0 saturated heterocycles. The summed E-state index contributed by atoms with van der Waals surface area (Å²) in [5, 5.41) is 0. The number of hydrogen-bond acceptors (Lipinski definition) is 0. The highest BCUT2D eigenvalue weighted by molar-refractivity contribution is 5.32. The van der Waals surface area contributed by atoms with Crippen molar-refractivity contribution in [1.29, 1.82) is 0 Å². The molecule has 1 aromatic carbocycles. The molecule has 1 saturated carbocycles. The molecule has 0 aliphatic heterocycles. The molecule has 0 spiro atoms. The molecule has 0 atom stereocenters. The number of halogens is 1. The van der Waals surface area contributed by atoms with Crippen molar-refractivity contribution in [1.82, 2.24) is 0 Å². The second kappa shape index (κ2) is 5.69. The topological polar surface area (TPSA) is 0 Å². The lowest BCUT2D eigenvalue weighted by Gasteiger charge is -2.35. The monoisotopic (exact) mass is 246 g/mol. The molecule has 2 rings (SSSR count). The number of rotatable bonds is 3. The van der Waals surface area contributed by atoms with Gasteiger partial charge in [0, 0.05) is 5.41 Å². The highest BCUT2D eigenvalue weighted by Gasteiger charge is 2.31. The largest absolute Gasteiger partial charge is 0.207 e. The molecule has 0 amide bonds. The van der Waals surface area contributed by atoms with Crippen LogP contribution in [-0.2, 0) is 5.41 Å². The minimum absolute atomic E-state index is 0.141. The third-order valence-electron chi connectivity index (χ3n) is 3.97. The van der Waals surface area contributed by atoms with Gasteiger partial charge in [0.2, 0.25) is 0 Å². The van der Waals surface area contributed by atoms with E-state index < -0.39 is 0 Å². The predicted octanol–water partition coefficient (Wildman–Crippen LogP) is 5.24. The van der Waals surface area contributed by atoms with E-state index in [1.54, 1.807) is 12.1 Å². The third kappa shape index (κ3) is 3.01. The van der Waals surface area contributed by atoms with Crippen LogP contribution in [0, 0.1) is 11.7 Å². The lowest BCUT2D eigenvalue weighted by molar-refractivity contribution is 0.355. The molecule has 0 bridgehead atoms. The van der Waals surface area contributed by atoms with Crippen LogP contribution in [0.25, 0.3) is 0 Å². The van der Waals surface area contributed by atoms with E-state index in [4.69, 9.17) is 0 Å². The zero-order valence-electron chi connectivity index (χ0n) is 11.5. The fourth-order valence-corrected chi connectivity index (χ4v) is 2.89. The van der Waals surface area contributed by atoms with Gasteiger partial charge >= 0.3 is 0 Å². The van der Waals surface area contributed by atoms with Gasteiger partial charge in [0.25, 0.3) is 0 Å². The van der Waals surface area contributed by atoms with Crippen molar-refractivity contribution in [3.8, 4) is 0 Å². The Kier molecular flexibility index (Phi) is 4.21. The molecule has 1 aromatic rings. The van der Waals surface area contributed by atoms with E-state index in [0.717, 1.165) is 0 Å². The maximum atomic E-state index is 13.1. The Hall–Kier alpha value is -1.11. The van der Waals surface area contributed by atoms with Crippen LogP contribution >= 0.6 is 0 Å². The smallest absolute Gasteiger partial charge is 0.123 e. The Bertz CT molecular complexity index is 394. The number of benzene rings is 1. The maximum absolute atomic E-state index is 13.1. The van der Waals surface area contributed by atoms with E-state index >= 15 is 0 Å². The maximum Gasteiger partial charge on any atom is 0.123 e. The second-order valence-electron chi connectivity index (χ2n) is 5.83. The predicted molar refractivity (Wildman–Crippen MR) is 75.1 cm³/mol. The summed E-state index contributed by atoms with van der Waals surface area (Å²) in [6.07, 6.45) is 11.0. The Morgan fingerprint density at radius 1 is 1.06 bits per heavy atom. The second-order valence-corrected chi connectivity index (χ2v) is 5.83. The lowest BCUT2D eigenvalue weighted by atomic mass is 9.69. The van der Waals surface area contributed by atoms with Gasteiger partial charge in [-0.15, -0.1) is 0 Å². The highest BCUT2D eigenvalue weighted by Crippen LogP contribution is 2.41. The Balaban J connectivity index is 2.31. The zero-order chi connectivity index (χ0) is 13.0. The molecular formula is C17H23F. The van der Waals surface area contributed by atoms with Crippen molar-refractivity contribution in [2.24, 2.45) is 5.92 Å². The lowest BCUT2D eigenvalue weighted by Crippen LogP contribution is -2.26. The van der Waals surface area contributed by atoms with Gasteiger partial charge in [-0.3, -0.25) is 0 Å². The third-order valence-corrected chi connectivity index (χ3v) is 3.97. The van der Waals surface area contributed by atoms with Gasteiger partial charge in [-0.05, 0) is 36.5 Å². The average Bonchev–Trinajstić information content (AvgIpc) is 2.38. The van der Waals surface area contributed by atoms with Crippen molar-refractivity contribution >= 4 is 0 Å². The molecule has 98 valence electrons. The standard InChI is InChI=1S/C17H23F/c1-14(2)10-13-17(11-4-3-5-12-17)15-6-8-16(18)9-7-15/h6-10,13-14H,3-5,11-12H2,1-2H3/b13-10+. The van der Waals surface area contributed by atoms with Gasteiger partial charge in [0.05, 0.1) is 0 Å². The SMILES string of the molecule is CC(C)/C=C/C1(c2ccc(F)cc2)CCCCC1. The minimum atomic E-state index is -0.141. The van der Waals surface area contributed by atoms with Crippen LogP contribution in [0.2, 0.25) is 0 Å². The fourth-order valence-electron chi connectivity index (χ4n) is 2.89. The molecule has 0 heterocycles. The molecule has 18 heavy (non-hydrogen) atoms. The zero-order valence-corrected chi connectivity index (χ0v) is 11.5. The first-order valence-electron chi connectivity index (χ1n) is 7.08. The van der Waals surface area contributed by atoms with E-state index in [1.807, 2.05) is 12.1 Å². The van der Waals surface area contributed by atoms with Crippen LogP contribution in [0.5, 0.6) is 0 Å². The van der Waals surface area contributed by atoms with E-state index in [0.29, 0.717) is 5.92 Å². The molecule has 1 aliphatic carbocycles. The van der Waals surface area contributed by atoms with Gasteiger partial charge in [-0.25, -0.2) is 4.39 Å². The Labute approximate surface area is 110 Å². The molecule has 0 nitrogen and oxygen atoms in total. The molecule has 0 unspecified atom stereocenters. The van der Waals surface area contributed by atoms with Crippen LogP contribution in [0.4, 0.5) is 4.39 Å². The van der Waals surface area contributed by atoms with Crippen LogP contribution < -0.4 is 0 Å². The summed E-state index contributed by atoms with van der Waals surface area (Å²) >= 11 is 0. The van der Waals surface area contributed by atoms with Crippen molar-refractivity contribution in [3.05, 3.63) is 47.8 Å². The van der Waals surface area contributed by atoms with Crippen LogP contribution in [-0.4, -0.2) is 0 Å². The molecule has 1 aliphatic rings. The van der Waals surface area contributed by atoms with Crippen molar-refractivity contribution in [2.75, 3.05) is 0 Å². The van der Waals surface area contributed by atoms with Gasteiger partial charge in [0.1, 0.15) is 5.82 Å². The summed E-state index contributed by atoms with van der Waals surface area (Å²) in [6.45, 7) is 4.41. The highest BCUT2D eigenvalue weighted by atomic mass is 19.1. The van der Waals surface area contributed by atoms with Crippen LogP contribution in [0.1, 0.15) is 51.5 Å². The molecule has 0 radical (unpaired) electrons. The average molecular weight is 246 g/mol. The van der Waals surface area contributed by atoms with Crippen LogP contribution in [0.3, 0.4) is 0 Å².